The van der Waals surface area contributed by atoms with Crippen molar-refractivity contribution < 1.29 is 65.0 Å². The molecule has 37 heteroatoms. The maximum atomic E-state index is 14.2. The monoisotopic (exact) mass is 1620 g/mol. The van der Waals surface area contributed by atoms with Gasteiger partial charge in [0.15, 0.2) is 6.29 Å². The molecule has 3 aliphatic rings. The average Bonchev–Trinajstić information content (AvgIpc) is 1.63. The van der Waals surface area contributed by atoms with Gasteiger partial charge in [-0.05, 0) is 137 Å². The lowest BCUT2D eigenvalue weighted by atomic mass is 9.78. The third kappa shape index (κ3) is 18.4. The molecular formula is C70H65BBr2ClF6N19O8. The number of nitrogens with zero attached hydrogens (tertiary/aromatic N) is 9. The van der Waals surface area contributed by atoms with Gasteiger partial charge in [-0.15, -0.1) is 0 Å². The van der Waals surface area contributed by atoms with Crippen LogP contribution in [0.2, 0.25) is 5.02 Å². The predicted octanol–water partition coefficient (Wildman–Crippen LogP) is 12.3. The van der Waals surface area contributed by atoms with Crippen molar-refractivity contribution in [1.82, 2.24) is 65.7 Å². The number of hydrogen-bond acceptors (Lipinski definition) is 16. The minimum atomic E-state index is -0.855. The Hall–Kier alpha value is -11.1. The summed E-state index contributed by atoms with van der Waals surface area (Å²) in [6.07, 6.45) is 8.11. The summed E-state index contributed by atoms with van der Waals surface area (Å²) in [5, 5.41) is 42.9. The molecule has 554 valence electrons. The Kier molecular flexibility index (Phi) is 26.0. The van der Waals surface area contributed by atoms with Crippen molar-refractivity contribution in [2.24, 2.45) is 23.2 Å². The van der Waals surface area contributed by atoms with E-state index in [1.165, 1.54) is 61.2 Å². The van der Waals surface area contributed by atoms with E-state index < -0.39 is 65.1 Å². The predicted molar refractivity (Wildman–Crippen MR) is 397 cm³/mol. The second-order valence-electron chi connectivity index (χ2n) is 24.4. The lowest BCUT2D eigenvalue weighted by Crippen LogP contribution is -2.41. The molecule has 0 unspecified atom stereocenters. The Balaban J connectivity index is 0.000000150. The third-order valence-corrected chi connectivity index (χ3v) is 18.2. The zero-order chi connectivity index (χ0) is 76.3. The highest BCUT2D eigenvalue weighted by atomic mass is 79.9. The third-order valence-electron chi connectivity index (χ3n) is 17.0. The summed E-state index contributed by atoms with van der Waals surface area (Å²) in [7, 11) is -0.563. The van der Waals surface area contributed by atoms with Crippen LogP contribution in [0.15, 0.2) is 143 Å². The molecule has 0 bridgehead atoms. The lowest BCUT2D eigenvalue weighted by Gasteiger charge is -2.32. The van der Waals surface area contributed by atoms with E-state index in [4.69, 9.17) is 43.7 Å². The number of rotatable bonds is 8. The molecule has 16 N–H and O–H groups in total. The van der Waals surface area contributed by atoms with Crippen LogP contribution in [0, 0.1) is 41.5 Å². The highest BCUT2D eigenvalue weighted by Crippen LogP contribution is 2.38. The van der Waals surface area contributed by atoms with Gasteiger partial charge in [0.2, 0.25) is 5.69 Å². The van der Waals surface area contributed by atoms with Crippen molar-refractivity contribution in [1.29, 1.82) is 0 Å². The Morgan fingerprint density at radius 1 is 0.636 bits per heavy atom. The van der Waals surface area contributed by atoms with Gasteiger partial charge in [-0.25, -0.2) is 36.0 Å². The van der Waals surface area contributed by atoms with Gasteiger partial charge in [0, 0.05) is 50.4 Å². The van der Waals surface area contributed by atoms with Crippen molar-refractivity contribution in [3.8, 4) is 28.3 Å². The number of benzene rings is 7. The molecule has 0 saturated carbocycles. The van der Waals surface area contributed by atoms with Crippen LogP contribution in [-0.2, 0) is 35.4 Å². The number of anilines is 1. The van der Waals surface area contributed by atoms with E-state index in [-0.39, 0.29) is 32.9 Å². The Bertz CT molecular complexity index is 5270. The minimum Gasteiger partial charge on any atom is -0.412 e. The fourth-order valence-electron chi connectivity index (χ4n) is 11.2. The number of aromatic nitrogens is 12. The number of primary amides is 2. The first-order valence-electron chi connectivity index (χ1n) is 31.9. The number of fused-ring (bicyclic) bond motifs is 6. The molecule has 6 aromatic heterocycles. The number of aldehydes is 1. The van der Waals surface area contributed by atoms with Gasteiger partial charge in [0.05, 0.1) is 121 Å². The van der Waals surface area contributed by atoms with E-state index in [1.54, 1.807) is 53.2 Å². The van der Waals surface area contributed by atoms with Gasteiger partial charge in [0.1, 0.15) is 52.0 Å². The van der Waals surface area contributed by atoms with Crippen molar-refractivity contribution in [2.75, 3.05) is 11.9 Å². The molecule has 0 atom stereocenters. The van der Waals surface area contributed by atoms with Crippen molar-refractivity contribution in [3.05, 3.63) is 222 Å². The molecule has 7 aromatic carbocycles. The van der Waals surface area contributed by atoms with Crippen LogP contribution in [0.25, 0.3) is 71.0 Å². The fourth-order valence-corrected chi connectivity index (χ4v) is 12.2. The van der Waals surface area contributed by atoms with E-state index >= 15 is 0 Å². The second-order valence-corrected chi connectivity index (χ2v) is 26.6. The number of carbonyl (C=O) groups excluding carboxylic acids is 4. The summed E-state index contributed by atoms with van der Waals surface area (Å²) >= 11 is 11.9. The highest BCUT2D eigenvalue weighted by molar-refractivity contribution is 9.10. The lowest BCUT2D eigenvalue weighted by molar-refractivity contribution is 0.00578. The summed E-state index contributed by atoms with van der Waals surface area (Å²) < 4.78 is 102. The Morgan fingerprint density at radius 2 is 1.10 bits per heavy atom. The van der Waals surface area contributed by atoms with E-state index in [2.05, 4.69) is 110 Å². The quantitative estimate of drug-likeness (QED) is 0.0169. The SMILES string of the molecule is CC1(C)OB(c2cc(F)c3cn[nH]c3c2)OC1(C)C.Fc1cc(Br)cc2[nH]ncc12.NC(=O)c1c(-c2cc(F)c3cn[nH]c3c2)nn2c1CCCC2.NC(=O)c1c(-c2cc(F)c3cn[nH]c3c2)nn2c1CNCC2.NN.O.O=Cc1c(F)cc(Br)cc1F.[C-]#[N+]c1ccc(NC(=O)Oc2ccccc2)cc1Cl. The number of hydrazine groups is 1. The van der Waals surface area contributed by atoms with E-state index in [0.717, 1.165) is 55.9 Å². The number of carbonyl (C=O) groups is 4. The van der Waals surface area contributed by atoms with Gasteiger partial charge >= 0.3 is 13.2 Å². The second kappa shape index (κ2) is 34.9. The minimum absolute atomic E-state index is 0. The number of halogens is 9. The van der Waals surface area contributed by atoms with Gasteiger partial charge in [-0.2, -0.15) is 30.6 Å². The molecule has 27 nitrogen and oxygen atoms in total. The topological polar surface area (TPSA) is 410 Å². The average molecular weight is 1620 g/mol. The number of amides is 3. The number of nitrogens with two attached hydrogens (primary N) is 4. The Labute approximate surface area is 625 Å². The van der Waals surface area contributed by atoms with Crippen LogP contribution in [0.4, 0.5) is 42.5 Å². The largest absolute Gasteiger partial charge is 0.495 e. The number of H-pyrrole nitrogens is 4. The molecule has 16 rings (SSSR count). The number of aryl methyl sites for hydroxylation is 1. The van der Waals surface area contributed by atoms with Crippen molar-refractivity contribution in [3.63, 3.8) is 0 Å². The summed E-state index contributed by atoms with van der Waals surface area (Å²) in [6, 6.07) is 28.1. The number of hydrogen-bond donors (Lipinski definition) is 10. The molecule has 3 aliphatic heterocycles. The van der Waals surface area contributed by atoms with E-state index in [9.17, 15) is 45.5 Å². The first-order valence-corrected chi connectivity index (χ1v) is 33.8. The molecular weight excluding hydrogens is 1550 g/mol. The van der Waals surface area contributed by atoms with Gasteiger partial charge < -0.3 is 36.3 Å². The maximum absolute atomic E-state index is 14.2. The summed E-state index contributed by atoms with van der Waals surface area (Å²) in [6.45, 7) is 17.4. The van der Waals surface area contributed by atoms with Crippen LogP contribution >= 0.6 is 43.5 Å². The number of ether oxygens (including phenoxy) is 1. The number of para-hydroxylation sites is 1. The smallest absolute Gasteiger partial charge is 0.412 e. The van der Waals surface area contributed by atoms with Crippen LogP contribution < -0.4 is 44.0 Å². The van der Waals surface area contributed by atoms with Crippen LogP contribution in [0.5, 0.6) is 5.75 Å². The molecule has 0 spiro atoms. The molecule has 3 amide bonds. The zero-order valence-electron chi connectivity index (χ0n) is 56.9. The van der Waals surface area contributed by atoms with Crippen LogP contribution in [0.1, 0.15) is 83.0 Å². The molecule has 107 heavy (non-hydrogen) atoms. The number of nitrogens with one attached hydrogen (secondary N) is 6. The maximum Gasteiger partial charge on any atom is 0.495 e. The molecule has 1 saturated heterocycles. The molecule has 1 fully saturated rings. The van der Waals surface area contributed by atoms with E-state index in [1.807, 2.05) is 44.5 Å². The Morgan fingerprint density at radius 3 is 1.61 bits per heavy atom. The van der Waals surface area contributed by atoms with E-state index in [0.29, 0.717) is 117 Å². The van der Waals surface area contributed by atoms with Crippen LogP contribution in [-0.4, -0.2) is 115 Å². The first kappa shape index (κ1) is 80.0. The van der Waals surface area contributed by atoms with Gasteiger partial charge in [0.25, 0.3) is 11.8 Å². The zero-order valence-corrected chi connectivity index (χ0v) is 60.8. The number of aromatic amines is 4. The molecule has 9 heterocycles. The summed E-state index contributed by atoms with van der Waals surface area (Å²) in [5.74, 6) is 4.25. The van der Waals surface area contributed by atoms with Crippen LogP contribution in [0.3, 0.4) is 0 Å². The standard InChI is InChI=1S/C15H14FN5O.C14H9ClN2O2.C14H13FN6O.C13H16BFN2O2.C7H3BrF2O.C7H4BrFN2.H4N2.H2O/c16-10-5-8(6-11-9(10)7-18-19-11)14-13(15(17)22)12-3-1-2-4-21(12)20-14;1-16-13-8-7-10(9-12(13)15)17-14(18)19-11-5-3-2-4-6-11;15-9-3-7(4-10-8(9)5-18-19-10)13-12(14(16)22)11-6-17-1-2-21(11)20-13;1-12(2)13(3,4)19-14(18-12)8-5-10(15)9-7-16-17-11(9)6-8;8-4-1-6(9)5(3-11)7(10)2-4;8-4-1-6(9)5-3-10-11-7(5)2-4;1-2;/h5-7H,1-4H2,(H2,17,22)(H,18,19);2-9H,(H,17,18);3-5,17H,1-2,6H2,(H2,16,22)(H,18,19);5-7H,1-4H3,(H,16,17);1-3H;1-3H,(H,10,11);1-2H2;1H2. The highest BCUT2D eigenvalue weighted by Gasteiger charge is 2.52. The van der Waals surface area contributed by atoms with Gasteiger partial charge in [-0.3, -0.25) is 61.1 Å². The first-order chi connectivity index (χ1) is 50.7. The molecule has 13 aromatic rings. The fraction of sp³-hybridized carbons (Fsp3) is 0.186. The summed E-state index contributed by atoms with van der Waals surface area (Å²) in [4.78, 5) is 48.6. The summed E-state index contributed by atoms with van der Waals surface area (Å²) in [5.41, 5.74) is 17.8. The molecule has 0 aliphatic carbocycles. The normalized spacial score (nSPS) is 13.5. The molecule has 0 radical (unpaired) electrons. The van der Waals surface area contributed by atoms with Crippen molar-refractivity contribution in [2.45, 2.75) is 77.8 Å². The van der Waals surface area contributed by atoms with Gasteiger partial charge in [-0.1, -0.05) is 67.7 Å². The van der Waals surface area contributed by atoms with Crippen molar-refractivity contribution >= 4 is 135 Å².